The van der Waals surface area contributed by atoms with E-state index in [2.05, 4.69) is 40.7 Å². The lowest BCUT2D eigenvalue weighted by atomic mass is 10.1. The topological polar surface area (TPSA) is 40.5 Å². The van der Waals surface area contributed by atoms with Gasteiger partial charge in [-0.1, -0.05) is 35.8 Å². The first-order valence-electron chi connectivity index (χ1n) is 7.44. The molecule has 1 aliphatic rings. The highest BCUT2D eigenvalue weighted by atomic mass is 79.9. The van der Waals surface area contributed by atoms with Gasteiger partial charge in [0.2, 0.25) is 0 Å². The molecule has 0 aliphatic heterocycles. The number of aliphatic carboxylic acids is 1. The van der Waals surface area contributed by atoms with Crippen molar-refractivity contribution < 1.29 is 9.90 Å². The van der Waals surface area contributed by atoms with Crippen molar-refractivity contribution in [3.05, 3.63) is 34.3 Å². The number of anilines is 1. The van der Waals surface area contributed by atoms with Crippen LogP contribution in [0.4, 0.5) is 5.69 Å². The Kier molecular flexibility index (Phi) is 5.45. The summed E-state index contributed by atoms with van der Waals surface area (Å²) in [6, 6.07) is 6.64. The van der Waals surface area contributed by atoms with E-state index in [1.165, 1.54) is 18.9 Å². The molecule has 21 heavy (non-hydrogen) atoms. The average Bonchev–Trinajstić information content (AvgIpc) is 3.22. The molecule has 2 rings (SSSR count). The van der Waals surface area contributed by atoms with E-state index < -0.39 is 5.97 Å². The molecule has 1 aromatic rings. The Morgan fingerprint density at radius 2 is 2.19 bits per heavy atom. The fourth-order valence-electron chi connectivity index (χ4n) is 2.35. The third-order valence-corrected chi connectivity index (χ3v) is 4.14. The summed E-state index contributed by atoms with van der Waals surface area (Å²) in [5.74, 6) is -0.250. The lowest BCUT2D eigenvalue weighted by Gasteiger charge is -2.27. The fraction of sp³-hybridized carbons (Fsp3) is 0.471. The molecule has 0 unspecified atom stereocenters. The molecule has 0 bridgehead atoms. The minimum absolute atomic E-state index is 0.607. The van der Waals surface area contributed by atoms with Crippen LogP contribution in [0, 0.1) is 5.92 Å². The van der Waals surface area contributed by atoms with E-state index in [1.54, 1.807) is 6.08 Å². The van der Waals surface area contributed by atoms with Crippen LogP contribution in [0.2, 0.25) is 0 Å². The highest BCUT2D eigenvalue weighted by Crippen LogP contribution is 2.36. The van der Waals surface area contributed by atoms with E-state index in [9.17, 15) is 4.79 Å². The first-order chi connectivity index (χ1) is 9.97. The predicted octanol–water partition coefficient (Wildman–Crippen LogP) is 4.56. The van der Waals surface area contributed by atoms with Gasteiger partial charge in [-0.2, -0.15) is 0 Å². The zero-order chi connectivity index (χ0) is 15.4. The van der Waals surface area contributed by atoms with E-state index in [4.69, 9.17) is 5.11 Å². The summed E-state index contributed by atoms with van der Waals surface area (Å²) in [6.07, 6.45) is 6.50. The van der Waals surface area contributed by atoms with Gasteiger partial charge < -0.3 is 10.0 Å². The van der Waals surface area contributed by atoms with Crippen molar-refractivity contribution in [2.45, 2.75) is 39.2 Å². The second-order valence-electron chi connectivity index (χ2n) is 5.98. The number of rotatable bonds is 7. The molecule has 0 heterocycles. The molecule has 114 valence electrons. The molecule has 1 aliphatic carbocycles. The molecule has 0 radical (unpaired) electrons. The minimum atomic E-state index is -0.913. The molecule has 1 aromatic carbocycles. The van der Waals surface area contributed by atoms with E-state index >= 15 is 0 Å². The average molecular weight is 352 g/mol. The summed E-state index contributed by atoms with van der Waals surface area (Å²) in [7, 11) is 0. The van der Waals surface area contributed by atoms with E-state index in [0.717, 1.165) is 28.7 Å². The van der Waals surface area contributed by atoms with E-state index in [0.29, 0.717) is 12.0 Å². The van der Waals surface area contributed by atoms with Crippen molar-refractivity contribution in [1.29, 1.82) is 0 Å². The third kappa shape index (κ3) is 4.88. The monoisotopic (exact) mass is 351 g/mol. The predicted molar refractivity (Wildman–Crippen MR) is 90.6 cm³/mol. The quantitative estimate of drug-likeness (QED) is 0.732. The van der Waals surface area contributed by atoms with Crippen LogP contribution in [-0.2, 0) is 4.79 Å². The maximum Gasteiger partial charge on any atom is 0.328 e. The lowest BCUT2D eigenvalue weighted by Crippen LogP contribution is -2.28. The fourth-order valence-corrected chi connectivity index (χ4v) is 2.70. The number of carboxylic acids is 1. The van der Waals surface area contributed by atoms with Gasteiger partial charge in [0.15, 0.2) is 0 Å². The van der Waals surface area contributed by atoms with Crippen LogP contribution in [0.5, 0.6) is 0 Å². The van der Waals surface area contributed by atoms with Crippen LogP contribution < -0.4 is 4.90 Å². The molecule has 0 amide bonds. The van der Waals surface area contributed by atoms with Crippen molar-refractivity contribution in [2.24, 2.45) is 5.92 Å². The third-order valence-electron chi connectivity index (χ3n) is 3.64. The second kappa shape index (κ2) is 7.12. The van der Waals surface area contributed by atoms with Crippen LogP contribution in [0.25, 0.3) is 6.08 Å². The van der Waals surface area contributed by atoms with Crippen LogP contribution >= 0.6 is 15.9 Å². The van der Waals surface area contributed by atoms with Gasteiger partial charge in [-0.25, -0.2) is 4.79 Å². The van der Waals surface area contributed by atoms with Crippen LogP contribution in [-0.4, -0.2) is 23.7 Å². The smallest absolute Gasteiger partial charge is 0.328 e. The summed E-state index contributed by atoms with van der Waals surface area (Å²) in [6.45, 7) is 5.49. The number of hydrogen-bond donors (Lipinski definition) is 1. The highest BCUT2D eigenvalue weighted by molar-refractivity contribution is 9.10. The van der Waals surface area contributed by atoms with Gasteiger partial charge in [0.25, 0.3) is 0 Å². The molecule has 4 heteroatoms. The Bertz CT molecular complexity index is 536. The van der Waals surface area contributed by atoms with Gasteiger partial charge in [-0.15, -0.1) is 0 Å². The Balaban J connectivity index is 2.29. The molecular weight excluding hydrogens is 330 g/mol. The highest BCUT2D eigenvalue weighted by Gasteiger charge is 2.30. The van der Waals surface area contributed by atoms with Crippen molar-refractivity contribution in [2.75, 3.05) is 11.4 Å². The summed E-state index contributed by atoms with van der Waals surface area (Å²) in [5.41, 5.74) is 2.10. The number of carbonyl (C=O) groups is 1. The van der Waals surface area contributed by atoms with Crippen LogP contribution in [0.15, 0.2) is 28.7 Å². The summed E-state index contributed by atoms with van der Waals surface area (Å²) in [5, 5.41) is 8.85. The first kappa shape index (κ1) is 16.1. The van der Waals surface area contributed by atoms with E-state index in [1.807, 2.05) is 12.1 Å². The Morgan fingerprint density at radius 3 is 2.76 bits per heavy atom. The SMILES string of the molecule is CC(C)CCN(c1cc(Br)ccc1/C=C/C(=O)O)C1CC1. The van der Waals surface area contributed by atoms with Gasteiger partial charge in [0, 0.05) is 28.8 Å². The normalized spacial score (nSPS) is 14.9. The zero-order valence-electron chi connectivity index (χ0n) is 12.6. The molecule has 1 saturated carbocycles. The number of halogens is 1. The maximum atomic E-state index is 10.8. The number of nitrogens with zero attached hydrogens (tertiary/aromatic N) is 1. The molecule has 0 saturated heterocycles. The summed E-state index contributed by atoms with van der Waals surface area (Å²) in [4.78, 5) is 13.2. The zero-order valence-corrected chi connectivity index (χ0v) is 14.1. The molecule has 0 spiro atoms. The standard InChI is InChI=1S/C17H22BrNO2/c1-12(2)9-10-19(15-6-7-15)16-11-14(18)5-3-13(16)4-8-17(20)21/h3-5,8,11-12,15H,6-7,9-10H2,1-2H3,(H,20,21)/b8-4+. The molecule has 0 aromatic heterocycles. The molecule has 1 N–H and O–H groups in total. The first-order valence-corrected chi connectivity index (χ1v) is 8.24. The van der Waals surface area contributed by atoms with Gasteiger partial charge in [-0.05, 0) is 49.0 Å². The summed E-state index contributed by atoms with van der Waals surface area (Å²) >= 11 is 3.53. The van der Waals surface area contributed by atoms with Crippen molar-refractivity contribution >= 4 is 33.7 Å². The summed E-state index contributed by atoms with van der Waals surface area (Å²) < 4.78 is 1.03. The Labute approximate surface area is 134 Å². The number of carboxylic acid groups (broad SMARTS) is 1. The molecule has 0 atom stereocenters. The van der Waals surface area contributed by atoms with Gasteiger partial charge >= 0.3 is 5.97 Å². The Hall–Kier alpha value is -1.29. The van der Waals surface area contributed by atoms with Crippen molar-refractivity contribution in [3.8, 4) is 0 Å². The molecular formula is C17H22BrNO2. The van der Waals surface area contributed by atoms with Gasteiger partial charge in [-0.3, -0.25) is 0 Å². The number of benzene rings is 1. The lowest BCUT2D eigenvalue weighted by molar-refractivity contribution is -0.131. The second-order valence-corrected chi connectivity index (χ2v) is 6.90. The largest absolute Gasteiger partial charge is 0.478 e. The van der Waals surface area contributed by atoms with Crippen LogP contribution in [0.3, 0.4) is 0 Å². The van der Waals surface area contributed by atoms with Crippen molar-refractivity contribution in [3.63, 3.8) is 0 Å². The van der Waals surface area contributed by atoms with Gasteiger partial charge in [0.1, 0.15) is 0 Å². The Morgan fingerprint density at radius 1 is 1.48 bits per heavy atom. The molecule has 1 fully saturated rings. The van der Waals surface area contributed by atoms with E-state index in [-0.39, 0.29) is 0 Å². The van der Waals surface area contributed by atoms with Crippen molar-refractivity contribution in [1.82, 2.24) is 0 Å². The van der Waals surface area contributed by atoms with Crippen LogP contribution in [0.1, 0.15) is 38.7 Å². The van der Waals surface area contributed by atoms with Gasteiger partial charge in [0.05, 0.1) is 0 Å². The maximum absolute atomic E-state index is 10.8. The number of hydrogen-bond acceptors (Lipinski definition) is 2. The minimum Gasteiger partial charge on any atom is -0.478 e. The molecule has 3 nitrogen and oxygen atoms in total.